The second-order valence-electron chi connectivity index (χ2n) is 6.85. The number of hydrogen-bond acceptors (Lipinski definition) is 2. The maximum atomic E-state index is 9.50. The van der Waals surface area contributed by atoms with Crippen molar-refractivity contribution in [2.75, 3.05) is 11.9 Å². The third-order valence-electron chi connectivity index (χ3n) is 4.76. The van der Waals surface area contributed by atoms with Crippen molar-refractivity contribution >= 4 is 22.9 Å². The van der Waals surface area contributed by atoms with Crippen molar-refractivity contribution in [1.29, 1.82) is 5.26 Å². The Kier molecular flexibility index (Phi) is 4.03. The fourth-order valence-corrected chi connectivity index (χ4v) is 3.23. The van der Waals surface area contributed by atoms with Gasteiger partial charge in [-0.2, -0.15) is 5.26 Å². The van der Waals surface area contributed by atoms with Crippen LogP contribution in [0.3, 0.4) is 0 Å². The van der Waals surface area contributed by atoms with Crippen molar-refractivity contribution in [3.8, 4) is 6.07 Å². The summed E-state index contributed by atoms with van der Waals surface area (Å²) < 4.78 is 0. The van der Waals surface area contributed by atoms with Crippen LogP contribution in [0.5, 0.6) is 0 Å². The van der Waals surface area contributed by atoms with E-state index in [-0.39, 0.29) is 5.54 Å². The van der Waals surface area contributed by atoms with Gasteiger partial charge in [0.1, 0.15) is 0 Å². The lowest BCUT2D eigenvalue weighted by Gasteiger charge is -2.40. The second-order valence-corrected chi connectivity index (χ2v) is 6.85. The third-order valence-corrected chi connectivity index (χ3v) is 4.76. The van der Waals surface area contributed by atoms with Crippen molar-refractivity contribution in [3.05, 3.63) is 71.3 Å². The first kappa shape index (κ1) is 16.1. The van der Waals surface area contributed by atoms with Crippen molar-refractivity contribution < 1.29 is 0 Å². The fraction of sp³-hybridized carbons (Fsp3) is 0.227. The fourth-order valence-electron chi connectivity index (χ4n) is 3.23. The highest BCUT2D eigenvalue weighted by atomic mass is 15.2. The standard InChI is InChI=1S/C22H22N2/c1-16-14-22(2,3)24(4)21-11-10-17(13-20(16)21)12-19(15-23)18-8-6-5-7-9-18/h5-14H,1-4H3/b19-12-. The highest BCUT2D eigenvalue weighted by molar-refractivity contribution is 5.91. The summed E-state index contributed by atoms with van der Waals surface area (Å²) in [5.41, 5.74) is 6.43. The summed E-state index contributed by atoms with van der Waals surface area (Å²) in [6, 6.07) is 18.5. The number of allylic oxidation sites excluding steroid dienone is 2. The number of anilines is 1. The quantitative estimate of drug-likeness (QED) is 0.549. The van der Waals surface area contributed by atoms with Crippen LogP contribution in [0, 0.1) is 11.3 Å². The molecule has 0 radical (unpaired) electrons. The molecule has 1 heterocycles. The molecular formula is C22H22N2. The van der Waals surface area contributed by atoms with E-state index in [1.54, 1.807) is 0 Å². The summed E-state index contributed by atoms with van der Waals surface area (Å²) in [5.74, 6) is 0. The minimum absolute atomic E-state index is 0.0102. The van der Waals surface area contributed by atoms with Crippen LogP contribution in [-0.2, 0) is 0 Å². The lowest BCUT2D eigenvalue weighted by Crippen LogP contribution is -2.42. The van der Waals surface area contributed by atoms with Gasteiger partial charge in [0.2, 0.25) is 0 Å². The van der Waals surface area contributed by atoms with Crippen LogP contribution in [0.15, 0.2) is 54.6 Å². The van der Waals surface area contributed by atoms with Gasteiger partial charge in [0, 0.05) is 18.3 Å². The predicted molar refractivity (Wildman–Crippen MR) is 103 cm³/mol. The van der Waals surface area contributed by atoms with E-state index in [2.05, 4.69) is 63.1 Å². The Labute approximate surface area is 144 Å². The molecular weight excluding hydrogens is 292 g/mol. The van der Waals surface area contributed by atoms with Crippen LogP contribution in [0.1, 0.15) is 37.5 Å². The number of likely N-dealkylation sites (N-methyl/N-ethyl adjacent to an activating group) is 1. The molecule has 0 atom stereocenters. The molecule has 0 spiro atoms. The first-order valence-corrected chi connectivity index (χ1v) is 8.17. The van der Waals surface area contributed by atoms with Crippen LogP contribution in [0.2, 0.25) is 0 Å². The predicted octanol–water partition coefficient (Wildman–Crippen LogP) is 5.38. The summed E-state index contributed by atoms with van der Waals surface area (Å²) in [4.78, 5) is 2.30. The number of rotatable bonds is 2. The maximum absolute atomic E-state index is 9.50. The number of nitrogens with zero attached hydrogens (tertiary/aromatic N) is 2. The Balaban J connectivity index is 2.06. The van der Waals surface area contributed by atoms with E-state index < -0.39 is 0 Å². The molecule has 2 nitrogen and oxygen atoms in total. The Hall–Kier alpha value is -2.79. The first-order chi connectivity index (χ1) is 11.4. The molecule has 0 amide bonds. The maximum Gasteiger partial charge on any atom is 0.0998 e. The highest BCUT2D eigenvalue weighted by Gasteiger charge is 2.28. The molecule has 3 rings (SSSR count). The lowest BCUT2D eigenvalue weighted by atomic mass is 9.88. The van der Waals surface area contributed by atoms with E-state index in [9.17, 15) is 5.26 Å². The molecule has 2 heteroatoms. The Morgan fingerprint density at radius 3 is 2.50 bits per heavy atom. The summed E-state index contributed by atoms with van der Waals surface area (Å²) in [6.07, 6.45) is 4.26. The largest absolute Gasteiger partial charge is 0.366 e. The van der Waals surface area contributed by atoms with Crippen LogP contribution in [0.25, 0.3) is 17.2 Å². The van der Waals surface area contributed by atoms with Gasteiger partial charge in [-0.3, -0.25) is 0 Å². The Morgan fingerprint density at radius 2 is 1.83 bits per heavy atom. The number of nitriles is 1. The van der Waals surface area contributed by atoms with E-state index in [0.29, 0.717) is 5.57 Å². The minimum atomic E-state index is 0.0102. The van der Waals surface area contributed by atoms with Gasteiger partial charge in [0.05, 0.1) is 17.2 Å². The molecule has 0 fully saturated rings. The Morgan fingerprint density at radius 1 is 1.12 bits per heavy atom. The van der Waals surface area contributed by atoms with Crippen molar-refractivity contribution in [2.24, 2.45) is 0 Å². The van der Waals surface area contributed by atoms with Crippen molar-refractivity contribution in [2.45, 2.75) is 26.3 Å². The van der Waals surface area contributed by atoms with Gasteiger partial charge in [-0.15, -0.1) is 0 Å². The smallest absolute Gasteiger partial charge is 0.0998 e. The van der Waals surface area contributed by atoms with Gasteiger partial charge in [-0.25, -0.2) is 0 Å². The summed E-state index contributed by atoms with van der Waals surface area (Å²) in [6.45, 7) is 6.59. The molecule has 0 N–H and O–H groups in total. The average Bonchev–Trinajstić information content (AvgIpc) is 2.58. The average molecular weight is 314 g/mol. The SMILES string of the molecule is CC1=CC(C)(C)N(C)c2ccc(/C=C(/C#N)c3ccccc3)cc21. The lowest BCUT2D eigenvalue weighted by molar-refractivity contribution is 0.598. The summed E-state index contributed by atoms with van der Waals surface area (Å²) in [7, 11) is 2.13. The summed E-state index contributed by atoms with van der Waals surface area (Å²) in [5, 5.41) is 9.50. The van der Waals surface area contributed by atoms with Gasteiger partial charge in [-0.05, 0) is 55.7 Å². The molecule has 24 heavy (non-hydrogen) atoms. The zero-order valence-corrected chi connectivity index (χ0v) is 14.7. The van der Waals surface area contributed by atoms with Gasteiger partial charge in [0.25, 0.3) is 0 Å². The van der Waals surface area contributed by atoms with Crippen LogP contribution >= 0.6 is 0 Å². The van der Waals surface area contributed by atoms with Gasteiger partial charge in [-0.1, -0.05) is 42.5 Å². The molecule has 120 valence electrons. The van der Waals surface area contributed by atoms with Crippen LogP contribution < -0.4 is 4.90 Å². The molecule has 0 saturated heterocycles. The van der Waals surface area contributed by atoms with Gasteiger partial charge in [0.15, 0.2) is 0 Å². The molecule has 1 aliphatic rings. The number of benzene rings is 2. The molecule has 0 aromatic heterocycles. The van der Waals surface area contributed by atoms with E-state index in [1.165, 1.54) is 16.8 Å². The zero-order chi connectivity index (χ0) is 17.3. The molecule has 0 aliphatic carbocycles. The van der Waals surface area contributed by atoms with E-state index in [1.807, 2.05) is 36.4 Å². The molecule has 2 aromatic rings. The first-order valence-electron chi connectivity index (χ1n) is 8.17. The monoisotopic (exact) mass is 314 g/mol. The second kappa shape index (κ2) is 6.02. The molecule has 0 saturated carbocycles. The van der Waals surface area contributed by atoms with Crippen molar-refractivity contribution in [3.63, 3.8) is 0 Å². The highest BCUT2D eigenvalue weighted by Crippen LogP contribution is 2.38. The zero-order valence-electron chi connectivity index (χ0n) is 14.7. The molecule has 1 aliphatic heterocycles. The molecule has 0 bridgehead atoms. The molecule has 2 aromatic carbocycles. The van der Waals surface area contributed by atoms with Gasteiger partial charge >= 0.3 is 0 Å². The van der Waals surface area contributed by atoms with E-state index in [0.717, 1.165) is 11.1 Å². The number of hydrogen-bond donors (Lipinski definition) is 0. The van der Waals surface area contributed by atoms with Crippen LogP contribution in [0.4, 0.5) is 5.69 Å². The normalized spacial score (nSPS) is 16.2. The summed E-state index contributed by atoms with van der Waals surface area (Å²) >= 11 is 0. The topological polar surface area (TPSA) is 27.0 Å². The molecule has 0 unspecified atom stereocenters. The third kappa shape index (κ3) is 2.86. The van der Waals surface area contributed by atoms with E-state index >= 15 is 0 Å². The van der Waals surface area contributed by atoms with Crippen LogP contribution in [-0.4, -0.2) is 12.6 Å². The Bertz CT molecular complexity index is 865. The van der Waals surface area contributed by atoms with Crippen molar-refractivity contribution in [1.82, 2.24) is 0 Å². The minimum Gasteiger partial charge on any atom is -0.366 e. The number of fused-ring (bicyclic) bond motifs is 1. The van der Waals surface area contributed by atoms with Gasteiger partial charge < -0.3 is 4.90 Å². The van der Waals surface area contributed by atoms with E-state index in [4.69, 9.17) is 0 Å².